The van der Waals surface area contributed by atoms with Crippen LogP contribution in [0, 0.1) is 5.92 Å². The van der Waals surface area contributed by atoms with Gasteiger partial charge in [-0.25, -0.2) is 0 Å². The van der Waals surface area contributed by atoms with E-state index < -0.39 is 0 Å². The Kier molecular flexibility index (Phi) is 2.79. The predicted octanol–water partition coefficient (Wildman–Crippen LogP) is 2.56. The van der Waals surface area contributed by atoms with Crippen molar-refractivity contribution in [1.29, 1.82) is 0 Å². The van der Waals surface area contributed by atoms with Gasteiger partial charge in [-0.05, 0) is 36.1 Å². The first-order valence-electron chi connectivity index (χ1n) is 4.71. The summed E-state index contributed by atoms with van der Waals surface area (Å²) < 4.78 is 5.65. The molecule has 1 atom stereocenters. The molecule has 0 aromatic heterocycles. The van der Waals surface area contributed by atoms with Crippen LogP contribution in [-0.4, -0.2) is 12.4 Å². The lowest BCUT2D eigenvalue weighted by Gasteiger charge is -2.24. The second-order valence-corrected chi connectivity index (χ2v) is 3.95. The Labute approximate surface area is 84.5 Å². The molecule has 1 aliphatic rings. The van der Waals surface area contributed by atoms with Gasteiger partial charge in [0.1, 0.15) is 5.75 Å². The van der Waals surface area contributed by atoms with Crippen LogP contribution in [0.25, 0.3) is 0 Å². The Hall–Kier alpha value is -0.630. The van der Waals surface area contributed by atoms with Crippen LogP contribution in [0.2, 0.25) is 0 Å². The summed E-state index contributed by atoms with van der Waals surface area (Å²) in [6.07, 6.45) is 2.30. The molecule has 1 aromatic carbocycles. The third-order valence-corrected chi connectivity index (χ3v) is 2.75. The zero-order valence-electron chi connectivity index (χ0n) is 7.57. The summed E-state index contributed by atoms with van der Waals surface area (Å²) in [5, 5.41) is 0. The number of para-hydroxylation sites is 1. The van der Waals surface area contributed by atoms with Crippen LogP contribution in [0.15, 0.2) is 24.3 Å². The van der Waals surface area contributed by atoms with E-state index in [1.807, 2.05) is 12.1 Å². The molecule has 0 saturated carbocycles. The highest BCUT2D eigenvalue weighted by Gasteiger charge is 2.18. The molecule has 2 rings (SSSR count). The Balaban J connectivity index is 2.11. The van der Waals surface area contributed by atoms with E-state index in [-0.39, 0.29) is 0 Å². The number of thiol groups is 1. The summed E-state index contributed by atoms with van der Waals surface area (Å²) >= 11 is 4.25. The van der Waals surface area contributed by atoms with E-state index in [2.05, 4.69) is 24.8 Å². The van der Waals surface area contributed by atoms with Gasteiger partial charge in [-0.1, -0.05) is 18.2 Å². The van der Waals surface area contributed by atoms with Crippen molar-refractivity contribution in [2.45, 2.75) is 12.8 Å². The number of rotatable bonds is 2. The molecule has 0 spiro atoms. The fourth-order valence-corrected chi connectivity index (χ4v) is 2.12. The van der Waals surface area contributed by atoms with Crippen molar-refractivity contribution in [2.75, 3.05) is 12.4 Å². The second kappa shape index (κ2) is 4.05. The molecular formula is C11H14OS. The molecule has 0 fully saturated rings. The van der Waals surface area contributed by atoms with Gasteiger partial charge in [0.25, 0.3) is 0 Å². The van der Waals surface area contributed by atoms with Crippen molar-refractivity contribution in [2.24, 2.45) is 5.92 Å². The van der Waals surface area contributed by atoms with E-state index in [1.54, 1.807) is 0 Å². The van der Waals surface area contributed by atoms with Gasteiger partial charge < -0.3 is 4.74 Å². The number of fused-ring (bicyclic) bond motifs is 1. The molecule has 0 aliphatic carbocycles. The highest BCUT2D eigenvalue weighted by Crippen LogP contribution is 2.28. The molecule has 0 saturated heterocycles. The maximum atomic E-state index is 5.65. The van der Waals surface area contributed by atoms with Crippen LogP contribution in [0.1, 0.15) is 12.0 Å². The van der Waals surface area contributed by atoms with Crippen molar-refractivity contribution >= 4 is 12.6 Å². The van der Waals surface area contributed by atoms with Crippen molar-refractivity contribution in [3.8, 4) is 5.75 Å². The first-order chi connectivity index (χ1) is 6.40. The van der Waals surface area contributed by atoms with Gasteiger partial charge in [0.05, 0.1) is 6.61 Å². The summed E-state index contributed by atoms with van der Waals surface area (Å²) in [6, 6.07) is 8.30. The normalized spacial score (nSPS) is 20.5. The van der Waals surface area contributed by atoms with Gasteiger partial charge in [-0.15, -0.1) is 0 Å². The van der Waals surface area contributed by atoms with Crippen molar-refractivity contribution in [3.63, 3.8) is 0 Å². The van der Waals surface area contributed by atoms with Crippen LogP contribution < -0.4 is 4.74 Å². The molecule has 1 nitrogen and oxygen atoms in total. The van der Waals surface area contributed by atoms with Gasteiger partial charge in [0.2, 0.25) is 0 Å². The van der Waals surface area contributed by atoms with Crippen molar-refractivity contribution < 1.29 is 4.74 Å². The second-order valence-electron chi connectivity index (χ2n) is 3.50. The maximum absolute atomic E-state index is 5.65. The monoisotopic (exact) mass is 194 g/mol. The number of hydrogen-bond acceptors (Lipinski definition) is 2. The number of benzene rings is 1. The standard InChI is InChI=1S/C11H14OS/c13-6-5-9-7-10-3-1-2-4-11(10)12-8-9/h1-4,9,13H,5-8H2. The summed E-state index contributed by atoms with van der Waals surface area (Å²) in [5.41, 5.74) is 1.35. The average molecular weight is 194 g/mol. The Morgan fingerprint density at radius 2 is 2.23 bits per heavy atom. The lowest BCUT2D eigenvalue weighted by atomic mass is 9.95. The highest BCUT2D eigenvalue weighted by molar-refractivity contribution is 7.80. The van der Waals surface area contributed by atoms with Crippen LogP contribution in [-0.2, 0) is 6.42 Å². The SMILES string of the molecule is SCCC1COc2ccccc2C1. The zero-order chi connectivity index (χ0) is 9.10. The summed E-state index contributed by atoms with van der Waals surface area (Å²) in [6.45, 7) is 0.859. The van der Waals surface area contributed by atoms with E-state index >= 15 is 0 Å². The van der Waals surface area contributed by atoms with E-state index in [0.29, 0.717) is 5.92 Å². The minimum absolute atomic E-state index is 0.660. The van der Waals surface area contributed by atoms with Crippen LogP contribution >= 0.6 is 12.6 Å². The largest absolute Gasteiger partial charge is 0.493 e. The molecule has 1 aliphatic heterocycles. The van der Waals surface area contributed by atoms with Crippen molar-refractivity contribution in [3.05, 3.63) is 29.8 Å². The van der Waals surface area contributed by atoms with E-state index in [0.717, 1.165) is 31.0 Å². The maximum Gasteiger partial charge on any atom is 0.122 e. The Morgan fingerprint density at radius 1 is 1.38 bits per heavy atom. The van der Waals surface area contributed by atoms with Gasteiger partial charge in [-0.2, -0.15) is 12.6 Å². The number of ether oxygens (including phenoxy) is 1. The number of hydrogen-bond donors (Lipinski definition) is 1. The fourth-order valence-electron chi connectivity index (χ4n) is 1.76. The lowest BCUT2D eigenvalue weighted by Crippen LogP contribution is -2.21. The lowest BCUT2D eigenvalue weighted by molar-refractivity contribution is 0.219. The minimum atomic E-state index is 0.660. The molecule has 0 radical (unpaired) electrons. The van der Waals surface area contributed by atoms with Crippen LogP contribution in [0.4, 0.5) is 0 Å². The van der Waals surface area contributed by atoms with Gasteiger partial charge >= 0.3 is 0 Å². The van der Waals surface area contributed by atoms with E-state index in [9.17, 15) is 0 Å². The summed E-state index contributed by atoms with van der Waals surface area (Å²) in [4.78, 5) is 0. The molecule has 1 aromatic rings. The Bertz CT molecular complexity index is 285. The molecule has 0 amide bonds. The van der Waals surface area contributed by atoms with Crippen LogP contribution in [0.5, 0.6) is 5.75 Å². The Morgan fingerprint density at radius 3 is 3.08 bits per heavy atom. The van der Waals surface area contributed by atoms with Gasteiger partial charge in [0, 0.05) is 0 Å². The topological polar surface area (TPSA) is 9.23 Å². The molecule has 1 unspecified atom stereocenters. The van der Waals surface area contributed by atoms with Crippen LogP contribution in [0.3, 0.4) is 0 Å². The first kappa shape index (κ1) is 8.95. The first-order valence-corrected chi connectivity index (χ1v) is 5.35. The molecule has 0 bridgehead atoms. The average Bonchev–Trinajstić information content (AvgIpc) is 2.18. The van der Waals surface area contributed by atoms with Gasteiger partial charge in [0.15, 0.2) is 0 Å². The third kappa shape index (κ3) is 1.99. The van der Waals surface area contributed by atoms with E-state index in [4.69, 9.17) is 4.74 Å². The molecule has 2 heteroatoms. The summed E-state index contributed by atoms with van der Waals surface area (Å²) in [7, 11) is 0. The molecular weight excluding hydrogens is 180 g/mol. The minimum Gasteiger partial charge on any atom is -0.493 e. The summed E-state index contributed by atoms with van der Waals surface area (Å²) in [5.74, 6) is 2.68. The van der Waals surface area contributed by atoms with E-state index in [1.165, 1.54) is 5.56 Å². The molecule has 1 heterocycles. The molecule has 13 heavy (non-hydrogen) atoms. The fraction of sp³-hybridized carbons (Fsp3) is 0.455. The molecule has 0 N–H and O–H groups in total. The van der Waals surface area contributed by atoms with Crippen molar-refractivity contribution in [1.82, 2.24) is 0 Å². The predicted molar refractivity (Wildman–Crippen MR) is 57.6 cm³/mol. The quantitative estimate of drug-likeness (QED) is 0.712. The highest BCUT2D eigenvalue weighted by atomic mass is 32.1. The zero-order valence-corrected chi connectivity index (χ0v) is 8.47. The van der Waals surface area contributed by atoms with Gasteiger partial charge in [-0.3, -0.25) is 0 Å². The third-order valence-electron chi connectivity index (χ3n) is 2.49. The molecule has 70 valence electrons. The smallest absolute Gasteiger partial charge is 0.122 e.